The second kappa shape index (κ2) is 10.0. The van der Waals surface area contributed by atoms with E-state index in [0.717, 1.165) is 6.54 Å². The van der Waals surface area contributed by atoms with Crippen LogP contribution in [0.5, 0.6) is 17.2 Å². The minimum Gasteiger partial charge on any atom is -0.504 e. The number of phenolic OH excluding ortho intramolecular Hbond substituents is 1. The lowest BCUT2D eigenvalue weighted by Gasteiger charge is -2.28. The topological polar surface area (TPSA) is 96.4 Å². The quantitative estimate of drug-likeness (QED) is 0.353. The van der Waals surface area contributed by atoms with Crippen LogP contribution in [0.1, 0.15) is 33.9 Å². The summed E-state index contributed by atoms with van der Waals surface area (Å²) in [6.07, 6.45) is 0.639. The van der Waals surface area contributed by atoms with Crippen LogP contribution in [0, 0.1) is 12.8 Å². The Morgan fingerprint density at radius 1 is 1.09 bits per heavy atom. The lowest BCUT2D eigenvalue weighted by molar-refractivity contribution is -0.140. The predicted molar refractivity (Wildman–Crippen MR) is 123 cm³/mol. The minimum absolute atomic E-state index is 0.0649. The maximum Gasteiger partial charge on any atom is 0.291 e. The molecule has 1 aliphatic heterocycles. The van der Waals surface area contributed by atoms with E-state index >= 15 is 0 Å². The van der Waals surface area contributed by atoms with Crippen LogP contribution < -0.4 is 9.47 Å². The second-order valence-electron chi connectivity index (χ2n) is 8.42. The molecule has 0 aliphatic carbocycles. The summed E-state index contributed by atoms with van der Waals surface area (Å²) in [6, 6.07) is 8.85. The number of carbonyl (C=O) groups excluding carboxylic acids is 3. The first kappa shape index (κ1) is 24.3. The number of hydrogen-bond acceptors (Lipinski definition) is 7. The number of methoxy groups -OCH3 is 2. The highest BCUT2D eigenvalue weighted by atomic mass is 16.5. The molecule has 1 amide bonds. The fraction of sp³-hybridized carbons (Fsp3) is 0.400. The third-order valence-corrected chi connectivity index (χ3v) is 5.94. The zero-order chi connectivity index (χ0) is 24.3. The molecular weight excluding hydrogens is 424 g/mol. The third kappa shape index (κ3) is 4.85. The third-order valence-electron chi connectivity index (χ3n) is 5.94. The second-order valence-corrected chi connectivity index (χ2v) is 8.42. The van der Waals surface area contributed by atoms with Crippen LogP contribution >= 0.6 is 0 Å². The van der Waals surface area contributed by atoms with Crippen molar-refractivity contribution in [3.05, 3.63) is 53.1 Å². The van der Waals surface area contributed by atoms with Crippen molar-refractivity contribution in [3.63, 3.8) is 0 Å². The van der Waals surface area contributed by atoms with Crippen molar-refractivity contribution in [2.24, 2.45) is 5.92 Å². The largest absolute Gasteiger partial charge is 0.504 e. The fourth-order valence-corrected chi connectivity index (χ4v) is 4.24. The first-order valence-electron chi connectivity index (χ1n) is 10.7. The molecule has 2 aromatic carbocycles. The van der Waals surface area contributed by atoms with Crippen LogP contribution in [-0.4, -0.2) is 73.8 Å². The summed E-state index contributed by atoms with van der Waals surface area (Å²) in [6.45, 7) is 2.81. The smallest absolute Gasteiger partial charge is 0.291 e. The number of nitrogens with zero attached hydrogens (tertiary/aromatic N) is 2. The average molecular weight is 455 g/mol. The molecule has 8 heteroatoms. The number of ketones is 2. The SMILES string of the molecule is COc1ccc(C(=O)C2C(=O)C(=O)N(CCCN(C)C)C2c2ccc(O)c(OC)c2)c(C)c1. The molecule has 2 atom stereocenters. The normalized spacial score (nSPS) is 18.2. The van der Waals surface area contributed by atoms with Gasteiger partial charge >= 0.3 is 0 Å². The van der Waals surface area contributed by atoms with E-state index < -0.39 is 29.4 Å². The van der Waals surface area contributed by atoms with Crippen LogP contribution in [0.4, 0.5) is 0 Å². The summed E-state index contributed by atoms with van der Waals surface area (Å²) in [5, 5.41) is 10.0. The molecule has 1 fully saturated rings. The number of phenols is 1. The minimum atomic E-state index is -1.20. The Hall–Kier alpha value is -3.39. The lowest BCUT2D eigenvalue weighted by Crippen LogP contribution is -2.33. The van der Waals surface area contributed by atoms with Gasteiger partial charge in [-0.05, 0) is 75.4 Å². The monoisotopic (exact) mass is 454 g/mol. The van der Waals surface area contributed by atoms with Crippen LogP contribution in [0.25, 0.3) is 0 Å². The summed E-state index contributed by atoms with van der Waals surface area (Å²) in [4.78, 5) is 43.3. The molecule has 176 valence electrons. The average Bonchev–Trinajstić information content (AvgIpc) is 3.03. The van der Waals surface area contributed by atoms with Gasteiger partial charge in [-0.1, -0.05) is 6.07 Å². The van der Waals surface area contributed by atoms with Gasteiger partial charge < -0.3 is 24.4 Å². The van der Waals surface area contributed by atoms with Gasteiger partial charge in [-0.25, -0.2) is 0 Å². The van der Waals surface area contributed by atoms with Gasteiger partial charge in [0.1, 0.15) is 11.7 Å². The molecule has 0 saturated carbocycles. The number of hydrogen-bond donors (Lipinski definition) is 1. The van der Waals surface area contributed by atoms with Crippen molar-refractivity contribution in [2.45, 2.75) is 19.4 Å². The molecule has 3 rings (SSSR count). The number of likely N-dealkylation sites (tertiary alicyclic amines) is 1. The number of benzene rings is 2. The van der Waals surface area contributed by atoms with Crippen molar-refractivity contribution >= 4 is 17.5 Å². The van der Waals surface area contributed by atoms with E-state index in [1.807, 2.05) is 19.0 Å². The van der Waals surface area contributed by atoms with Gasteiger partial charge in [0, 0.05) is 12.1 Å². The molecule has 0 aromatic heterocycles. The van der Waals surface area contributed by atoms with E-state index in [4.69, 9.17) is 9.47 Å². The number of aromatic hydroxyl groups is 1. The summed E-state index contributed by atoms with van der Waals surface area (Å²) in [5.74, 6) is -2.27. The van der Waals surface area contributed by atoms with Gasteiger partial charge in [-0.15, -0.1) is 0 Å². The maximum atomic E-state index is 13.6. The van der Waals surface area contributed by atoms with Crippen LogP contribution in [0.2, 0.25) is 0 Å². The molecule has 1 saturated heterocycles. The van der Waals surface area contributed by atoms with Gasteiger partial charge in [-0.3, -0.25) is 14.4 Å². The number of aryl methyl sites for hydroxylation is 1. The fourth-order valence-electron chi connectivity index (χ4n) is 4.24. The Kier molecular flexibility index (Phi) is 7.38. The molecule has 0 spiro atoms. The molecule has 2 aromatic rings. The van der Waals surface area contributed by atoms with Crippen molar-refractivity contribution in [2.75, 3.05) is 41.4 Å². The number of ether oxygens (including phenoxy) is 2. The Bertz CT molecular complexity index is 1060. The number of rotatable bonds is 9. The van der Waals surface area contributed by atoms with Gasteiger partial charge in [0.2, 0.25) is 5.78 Å². The van der Waals surface area contributed by atoms with Gasteiger partial charge in [0.15, 0.2) is 17.3 Å². The molecule has 1 heterocycles. The standard InChI is InChI=1S/C25H30N2O6/c1-15-13-17(32-4)8-9-18(15)23(29)21-22(16-7-10-19(28)20(14-16)33-5)27(25(31)24(21)30)12-6-11-26(2)3/h7-10,13-14,21-22,28H,6,11-12H2,1-5H3. The van der Waals surface area contributed by atoms with E-state index in [2.05, 4.69) is 0 Å². The first-order chi connectivity index (χ1) is 15.7. The van der Waals surface area contributed by atoms with Crippen LogP contribution in [-0.2, 0) is 9.59 Å². The van der Waals surface area contributed by atoms with Crippen molar-refractivity contribution in [1.29, 1.82) is 0 Å². The maximum absolute atomic E-state index is 13.6. The highest BCUT2D eigenvalue weighted by Crippen LogP contribution is 2.41. The van der Waals surface area contributed by atoms with E-state index in [1.165, 1.54) is 25.2 Å². The molecule has 33 heavy (non-hydrogen) atoms. The van der Waals surface area contributed by atoms with Gasteiger partial charge in [0.25, 0.3) is 5.91 Å². The zero-order valence-corrected chi connectivity index (χ0v) is 19.6. The van der Waals surface area contributed by atoms with Gasteiger partial charge in [-0.2, -0.15) is 0 Å². The highest BCUT2D eigenvalue weighted by molar-refractivity contribution is 6.44. The van der Waals surface area contributed by atoms with E-state index in [-0.39, 0.29) is 11.5 Å². The number of Topliss-reactive ketones (excluding diaryl/α,β-unsaturated/α-hetero) is 2. The molecule has 0 radical (unpaired) electrons. The Balaban J connectivity index is 2.06. The summed E-state index contributed by atoms with van der Waals surface area (Å²) < 4.78 is 10.4. The van der Waals surface area contributed by atoms with Crippen LogP contribution in [0.3, 0.4) is 0 Å². The Morgan fingerprint density at radius 3 is 2.42 bits per heavy atom. The number of amides is 1. The number of carbonyl (C=O) groups is 3. The van der Waals surface area contributed by atoms with Crippen molar-refractivity contribution < 1.29 is 29.0 Å². The van der Waals surface area contributed by atoms with E-state index in [9.17, 15) is 19.5 Å². The van der Waals surface area contributed by atoms with Crippen molar-refractivity contribution in [3.8, 4) is 17.2 Å². The molecular formula is C25H30N2O6. The summed E-state index contributed by atoms with van der Waals surface area (Å²) in [5.41, 5.74) is 1.58. The van der Waals surface area contributed by atoms with E-state index in [0.29, 0.717) is 35.4 Å². The predicted octanol–water partition coefficient (Wildman–Crippen LogP) is 2.62. The molecule has 0 bridgehead atoms. The Morgan fingerprint density at radius 2 is 1.82 bits per heavy atom. The summed E-state index contributed by atoms with van der Waals surface area (Å²) >= 11 is 0. The van der Waals surface area contributed by atoms with Crippen LogP contribution in [0.15, 0.2) is 36.4 Å². The first-order valence-corrected chi connectivity index (χ1v) is 10.7. The van der Waals surface area contributed by atoms with Gasteiger partial charge in [0.05, 0.1) is 20.3 Å². The molecule has 1 N–H and O–H groups in total. The molecule has 2 unspecified atom stereocenters. The van der Waals surface area contributed by atoms with Crippen molar-refractivity contribution in [1.82, 2.24) is 9.80 Å². The zero-order valence-electron chi connectivity index (χ0n) is 19.6. The highest BCUT2D eigenvalue weighted by Gasteiger charge is 2.51. The van der Waals surface area contributed by atoms with E-state index in [1.54, 1.807) is 37.3 Å². The molecule has 8 nitrogen and oxygen atoms in total. The lowest BCUT2D eigenvalue weighted by atomic mass is 9.85. The Labute approximate surface area is 193 Å². The molecule has 1 aliphatic rings. The summed E-state index contributed by atoms with van der Waals surface area (Å²) in [7, 11) is 6.81.